The van der Waals surface area contributed by atoms with Crippen LogP contribution < -0.4 is 5.32 Å². The maximum absolute atomic E-state index is 12.9. The van der Waals surface area contributed by atoms with E-state index in [-0.39, 0.29) is 5.91 Å². The molecule has 2 heterocycles. The van der Waals surface area contributed by atoms with Crippen LogP contribution in [0.15, 0.2) is 36.5 Å². The summed E-state index contributed by atoms with van der Waals surface area (Å²) in [7, 11) is 0. The van der Waals surface area contributed by atoms with Gasteiger partial charge in [0.25, 0.3) is 5.91 Å². The molecule has 0 radical (unpaired) electrons. The molecule has 2 aromatic heterocycles. The number of imidazole rings is 1. The van der Waals surface area contributed by atoms with Gasteiger partial charge in [0.2, 0.25) is 0 Å². The van der Waals surface area contributed by atoms with Crippen molar-refractivity contribution in [2.24, 2.45) is 0 Å². The van der Waals surface area contributed by atoms with Gasteiger partial charge in [-0.3, -0.25) is 9.20 Å². The number of rotatable bonds is 3. The van der Waals surface area contributed by atoms with Crippen molar-refractivity contribution < 1.29 is 4.79 Å². The molecule has 0 unspecified atom stereocenters. The summed E-state index contributed by atoms with van der Waals surface area (Å²) in [4.78, 5) is 17.5. The summed E-state index contributed by atoms with van der Waals surface area (Å²) in [6.07, 6.45) is 2.68. The number of amides is 1. The monoisotopic (exact) mass is 307 g/mol. The third-order valence-corrected chi connectivity index (χ3v) is 4.11. The molecule has 3 rings (SSSR count). The van der Waals surface area contributed by atoms with Gasteiger partial charge in [0, 0.05) is 11.9 Å². The summed E-state index contributed by atoms with van der Waals surface area (Å²) in [5.74, 6) is -0.114. The zero-order valence-electron chi connectivity index (χ0n) is 14.0. The number of hydrogen-bond donors (Lipinski definition) is 1. The first kappa shape index (κ1) is 15.3. The summed E-state index contributed by atoms with van der Waals surface area (Å²) in [6, 6.07) is 9.96. The quantitative estimate of drug-likeness (QED) is 0.792. The maximum Gasteiger partial charge on any atom is 0.274 e. The van der Waals surface area contributed by atoms with Crippen LogP contribution in [0.1, 0.15) is 39.8 Å². The van der Waals surface area contributed by atoms with Crippen molar-refractivity contribution in [1.82, 2.24) is 9.38 Å². The third kappa shape index (κ3) is 2.72. The van der Waals surface area contributed by atoms with Crippen LogP contribution in [0, 0.1) is 20.8 Å². The highest BCUT2D eigenvalue weighted by molar-refractivity contribution is 6.05. The van der Waals surface area contributed by atoms with Gasteiger partial charge >= 0.3 is 0 Å². The first-order valence-electron chi connectivity index (χ1n) is 7.86. The molecule has 1 aromatic carbocycles. The molecule has 0 aliphatic carbocycles. The second-order valence-corrected chi connectivity index (χ2v) is 5.92. The maximum atomic E-state index is 12.9. The van der Waals surface area contributed by atoms with E-state index in [1.54, 1.807) is 0 Å². The molecule has 3 aromatic rings. The van der Waals surface area contributed by atoms with Gasteiger partial charge in [-0.15, -0.1) is 0 Å². The SMILES string of the molecule is CCc1nc2ccc(C)cn2c1C(=O)Nc1c(C)cccc1C. The molecule has 0 saturated heterocycles. The predicted octanol–water partition coefficient (Wildman–Crippen LogP) is 4.07. The van der Waals surface area contributed by atoms with Crippen molar-refractivity contribution in [1.29, 1.82) is 0 Å². The van der Waals surface area contributed by atoms with Gasteiger partial charge in [-0.2, -0.15) is 0 Å². The Kier molecular flexibility index (Phi) is 3.90. The van der Waals surface area contributed by atoms with E-state index in [0.717, 1.165) is 40.1 Å². The number of carbonyl (C=O) groups is 1. The number of hydrogen-bond acceptors (Lipinski definition) is 2. The van der Waals surface area contributed by atoms with Crippen LogP contribution in [0.3, 0.4) is 0 Å². The molecule has 0 atom stereocenters. The van der Waals surface area contributed by atoms with Crippen molar-refractivity contribution in [3.05, 3.63) is 64.6 Å². The van der Waals surface area contributed by atoms with Crippen molar-refractivity contribution in [2.45, 2.75) is 34.1 Å². The summed E-state index contributed by atoms with van der Waals surface area (Å²) < 4.78 is 1.89. The number of pyridine rings is 1. The highest BCUT2D eigenvalue weighted by Gasteiger charge is 2.19. The van der Waals surface area contributed by atoms with E-state index in [1.165, 1.54) is 0 Å². The van der Waals surface area contributed by atoms with Crippen molar-refractivity contribution in [3.8, 4) is 0 Å². The average molecular weight is 307 g/mol. The number of nitrogens with zero attached hydrogens (tertiary/aromatic N) is 2. The largest absolute Gasteiger partial charge is 0.320 e. The highest BCUT2D eigenvalue weighted by Crippen LogP contribution is 2.22. The zero-order chi connectivity index (χ0) is 16.6. The van der Waals surface area contributed by atoms with E-state index in [0.29, 0.717) is 5.69 Å². The Morgan fingerprint density at radius 2 is 1.83 bits per heavy atom. The number of aryl methyl sites for hydroxylation is 4. The fraction of sp³-hybridized carbons (Fsp3) is 0.263. The van der Waals surface area contributed by atoms with Gasteiger partial charge in [-0.25, -0.2) is 4.98 Å². The molecular formula is C19H21N3O. The van der Waals surface area contributed by atoms with Crippen LogP contribution in [0.5, 0.6) is 0 Å². The van der Waals surface area contributed by atoms with E-state index in [1.807, 2.05) is 68.6 Å². The lowest BCUT2D eigenvalue weighted by Crippen LogP contribution is -2.17. The van der Waals surface area contributed by atoms with Gasteiger partial charge < -0.3 is 5.32 Å². The molecule has 0 spiro atoms. The minimum atomic E-state index is -0.114. The van der Waals surface area contributed by atoms with E-state index >= 15 is 0 Å². The standard InChI is InChI=1S/C19H21N3O/c1-5-15-18(22-11-12(2)9-10-16(22)20-15)19(23)21-17-13(3)7-6-8-14(17)4/h6-11H,5H2,1-4H3,(H,21,23). The number of anilines is 1. The van der Waals surface area contributed by atoms with Gasteiger partial charge in [0.05, 0.1) is 5.69 Å². The van der Waals surface area contributed by atoms with Crippen molar-refractivity contribution >= 4 is 17.2 Å². The number of para-hydroxylation sites is 1. The lowest BCUT2D eigenvalue weighted by molar-refractivity contribution is 0.102. The molecule has 4 heteroatoms. The fourth-order valence-electron chi connectivity index (χ4n) is 2.87. The number of carbonyl (C=O) groups excluding carboxylic acids is 1. The number of aromatic nitrogens is 2. The van der Waals surface area contributed by atoms with Crippen LogP contribution in [-0.4, -0.2) is 15.3 Å². The minimum Gasteiger partial charge on any atom is -0.320 e. The number of fused-ring (bicyclic) bond motifs is 1. The molecule has 0 aliphatic rings. The number of benzene rings is 1. The smallest absolute Gasteiger partial charge is 0.274 e. The molecule has 0 fully saturated rings. The van der Waals surface area contributed by atoms with Crippen LogP contribution >= 0.6 is 0 Å². The summed E-state index contributed by atoms with van der Waals surface area (Å²) in [5, 5.41) is 3.07. The van der Waals surface area contributed by atoms with Gasteiger partial charge in [-0.1, -0.05) is 31.2 Å². The molecule has 0 bridgehead atoms. The Balaban J connectivity index is 2.09. The van der Waals surface area contributed by atoms with Gasteiger partial charge in [0.1, 0.15) is 11.3 Å². The van der Waals surface area contributed by atoms with E-state index < -0.39 is 0 Å². The molecule has 0 aliphatic heterocycles. The summed E-state index contributed by atoms with van der Waals surface area (Å²) >= 11 is 0. The Hall–Kier alpha value is -2.62. The van der Waals surface area contributed by atoms with E-state index in [9.17, 15) is 4.79 Å². The lowest BCUT2D eigenvalue weighted by atomic mass is 10.1. The first-order valence-corrected chi connectivity index (χ1v) is 7.86. The molecule has 118 valence electrons. The molecule has 4 nitrogen and oxygen atoms in total. The van der Waals surface area contributed by atoms with Gasteiger partial charge in [-0.05, 0) is 49.9 Å². The molecular weight excluding hydrogens is 286 g/mol. The molecule has 23 heavy (non-hydrogen) atoms. The average Bonchev–Trinajstić information content (AvgIpc) is 2.88. The fourth-order valence-corrected chi connectivity index (χ4v) is 2.87. The van der Waals surface area contributed by atoms with Crippen molar-refractivity contribution in [2.75, 3.05) is 5.32 Å². The van der Waals surface area contributed by atoms with Crippen LogP contribution in [0.25, 0.3) is 5.65 Å². The summed E-state index contributed by atoms with van der Waals surface area (Å²) in [6.45, 7) is 8.03. The Morgan fingerprint density at radius 3 is 2.48 bits per heavy atom. The Bertz CT molecular complexity index is 873. The second kappa shape index (κ2) is 5.88. The topological polar surface area (TPSA) is 46.4 Å². The van der Waals surface area contributed by atoms with Crippen LogP contribution in [-0.2, 0) is 6.42 Å². The van der Waals surface area contributed by atoms with Crippen LogP contribution in [0.4, 0.5) is 5.69 Å². The summed E-state index contributed by atoms with van der Waals surface area (Å²) in [5.41, 5.74) is 6.33. The van der Waals surface area contributed by atoms with Crippen molar-refractivity contribution in [3.63, 3.8) is 0 Å². The molecule has 1 N–H and O–H groups in total. The minimum absolute atomic E-state index is 0.114. The third-order valence-electron chi connectivity index (χ3n) is 4.11. The Labute approximate surface area is 136 Å². The predicted molar refractivity (Wildman–Crippen MR) is 93.2 cm³/mol. The highest BCUT2D eigenvalue weighted by atomic mass is 16.2. The normalized spacial score (nSPS) is 11.0. The first-order chi connectivity index (χ1) is 11.0. The molecule has 0 saturated carbocycles. The van der Waals surface area contributed by atoms with E-state index in [4.69, 9.17) is 0 Å². The second-order valence-electron chi connectivity index (χ2n) is 5.92. The van der Waals surface area contributed by atoms with Crippen LogP contribution in [0.2, 0.25) is 0 Å². The van der Waals surface area contributed by atoms with Gasteiger partial charge in [0.15, 0.2) is 0 Å². The van der Waals surface area contributed by atoms with E-state index in [2.05, 4.69) is 10.3 Å². The molecule has 1 amide bonds. The lowest BCUT2D eigenvalue weighted by Gasteiger charge is -2.12. The number of nitrogens with one attached hydrogen (secondary N) is 1. The zero-order valence-corrected chi connectivity index (χ0v) is 14.0. The Morgan fingerprint density at radius 1 is 1.13 bits per heavy atom.